The highest BCUT2D eigenvalue weighted by molar-refractivity contribution is 5.66. The first-order valence-electron chi connectivity index (χ1n) is 18.9. The summed E-state index contributed by atoms with van der Waals surface area (Å²) >= 11 is 0. The van der Waals surface area contributed by atoms with Gasteiger partial charge in [-0.05, 0) is 103 Å². The third-order valence-corrected chi connectivity index (χ3v) is 16.0. The van der Waals surface area contributed by atoms with E-state index >= 15 is 0 Å². The van der Waals surface area contributed by atoms with Crippen LogP contribution in [0.5, 0.6) is 0 Å². The largest absolute Gasteiger partial charge is 0.455 e. The molecule has 17 atom stereocenters. The lowest BCUT2D eigenvalue weighted by Crippen LogP contribution is -2.61. The van der Waals surface area contributed by atoms with Crippen LogP contribution in [0.4, 0.5) is 0 Å². The Bertz CT molecular complexity index is 1420. The molecule has 0 radical (unpaired) electrons. The molecule has 0 bridgehead atoms. The predicted octanol–water partition coefficient (Wildman–Crippen LogP) is 4.02. The highest BCUT2D eigenvalue weighted by Gasteiger charge is 2.86. The topological polar surface area (TPSA) is 161 Å². The molecular weight excluding hydrogens is 644 g/mol. The molecule has 282 valence electrons. The second-order valence-corrected chi connectivity index (χ2v) is 18.6. The molecule has 0 aromatic carbocycles. The van der Waals surface area contributed by atoms with Gasteiger partial charge in [-0.15, -0.1) is 0 Å². The first-order chi connectivity index (χ1) is 23.2. The van der Waals surface area contributed by atoms with Gasteiger partial charge in [-0.25, -0.2) is 0 Å². The summed E-state index contributed by atoms with van der Waals surface area (Å²) in [7, 11) is 0. The van der Waals surface area contributed by atoms with E-state index in [-0.39, 0.29) is 52.1 Å². The third-order valence-electron chi connectivity index (χ3n) is 16.0. The normalized spacial score (nSPS) is 53.7. The van der Waals surface area contributed by atoms with E-state index in [2.05, 4.69) is 41.2 Å². The third kappa shape index (κ3) is 4.72. The van der Waals surface area contributed by atoms with Crippen LogP contribution in [0.3, 0.4) is 0 Å². The predicted molar refractivity (Wildman–Crippen MR) is 180 cm³/mol. The number of aliphatic hydroxyl groups excluding tert-OH is 3. The molecule has 11 nitrogen and oxygen atoms in total. The van der Waals surface area contributed by atoms with Gasteiger partial charge in [0, 0.05) is 25.2 Å². The molecule has 7 rings (SSSR count). The van der Waals surface area contributed by atoms with Crippen molar-refractivity contribution in [2.75, 3.05) is 6.61 Å². The Morgan fingerprint density at radius 3 is 2.22 bits per heavy atom. The summed E-state index contributed by atoms with van der Waals surface area (Å²) < 4.78 is 30.1. The quantitative estimate of drug-likeness (QED) is 0.180. The zero-order chi connectivity index (χ0) is 36.6. The molecule has 7 fully saturated rings. The molecule has 5 aliphatic carbocycles. The molecule has 2 unspecified atom stereocenters. The summed E-state index contributed by atoms with van der Waals surface area (Å²) in [6.07, 6.45) is -0.0691. The fraction of sp³-hybridized carbons (Fsp3) is 0.897. The summed E-state index contributed by atoms with van der Waals surface area (Å²) in [5.41, 5.74) is -0.494. The Labute approximate surface area is 296 Å². The summed E-state index contributed by atoms with van der Waals surface area (Å²) in [4.78, 5) is 23.9. The van der Waals surface area contributed by atoms with Gasteiger partial charge >= 0.3 is 11.9 Å². The maximum Gasteiger partial charge on any atom is 0.303 e. The number of carbonyl (C=O) groups excluding carboxylic acids is 2. The maximum absolute atomic E-state index is 12.6. The van der Waals surface area contributed by atoms with Crippen LogP contribution in [0.1, 0.15) is 107 Å². The molecule has 0 amide bonds. The van der Waals surface area contributed by atoms with Gasteiger partial charge in [-0.1, -0.05) is 41.2 Å². The van der Waals surface area contributed by atoms with E-state index in [1.165, 1.54) is 13.8 Å². The van der Waals surface area contributed by atoms with E-state index in [0.717, 1.165) is 44.9 Å². The standard InChI is InChI=1S/C39H60O11/c1-19(2)29(47-21(4)40)24-16-20(3)31-35(8)14-15-38-18-37(38)13-12-27(49-32-30(48-22(5)41)28(43)23(42)17-46-32)34(6,7)25(37)10-11-26(38)36(35,9)33(44)39(31,45)50-24/h20,23-33,42-45H,1,10-18H2,2-9H3/t20-,23+,24-,25?,26?,27+,28+,29-,30-,31-,32+,33-,35-,36-,37-,38+,39-/m1/s1. The monoisotopic (exact) mass is 704 g/mol. The maximum atomic E-state index is 12.6. The van der Waals surface area contributed by atoms with Crippen molar-refractivity contribution < 1.29 is 53.7 Å². The molecule has 50 heavy (non-hydrogen) atoms. The van der Waals surface area contributed by atoms with Crippen LogP contribution in [0, 0.1) is 50.7 Å². The van der Waals surface area contributed by atoms with Crippen LogP contribution in [0.2, 0.25) is 0 Å². The summed E-state index contributed by atoms with van der Waals surface area (Å²) in [5, 5.41) is 46.1. The van der Waals surface area contributed by atoms with E-state index in [1.54, 1.807) is 6.92 Å². The Hall–Kier alpha value is -1.60. The van der Waals surface area contributed by atoms with Crippen LogP contribution in [-0.2, 0) is 33.3 Å². The van der Waals surface area contributed by atoms with Gasteiger partial charge in [0.25, 0.3) is 0 Å². The average Bonchev–Trinajstić information content (AvgIpc) is 3.66. The minimum Gasteiger partial charge on any atom is -0.455 e. The van der Waals surface area contributed by atoms with Gasteiger partial charge in [0.2, 0.25) is 0 Å². The van der Waals surface area contributed by atoms with E-state index in [1.807, 2.05) is 0 Å². The van der Waals surface area contributed by atoms with Gasteiger partial charge in [0.15, 0.2) is 18.2 Å². The van der Waals surface area contributed by atoms with Gasteiger partial charge in [-0.3, -0.25) is 9.59 Å². The number of esters is 2. The molecule has 7 aliphatic rings. The molecule has 2 spiro atoms. The number of hydrogen-bond donors (Lipinski definition) is 4. The van der Waals surface area contributed by atoms with Crippen LogP contribution in [0.25, 0.3) is 0 Å². The molecule has 4 N–H and O–H groups in total. The van der Waals surface area contributed by atoms with Crippen molar-refractivity contribution >= 4 is 11.9 Å². The number of aliphatic hydroxyl groups is 4. The van der Waals surface area contributed by atoms with E-state index in [9.17, 15) is 30.0 Å². The summed E-state index contributed by atoms with van der Waals surface area (Å²) in [5.74, 6) is -2.54. The molecule has 0 aromatic rings. The van der Waals surface area contributed by atoms with Crippen molar-refractivity contribution in [3.8, 4) is 0 Å². The lowest BCUT2D eigenvalue weighted by molar-refractivity contribution is -0.333. The minimum atomic E-state index is -1.79. The van der Waals surface area contributed by atoms with E-state index in [0.29, 0.717) is 17.9 Å². The molecular formula is C39H60O11. The smallest absolute Gasteiger partial charge is 0.303 e. The van der Waals surface area contributed by atoms with Crippen molar-refractivity contribution in [3.63, 3.8) is 0 Å². The van der Waals surface area contributed by atoms with Crippen molar-refractivity contribution in [1.29, 1.82) is 0 Å². The first kappa shape index (κ1) is 36.7. The van der Waals surface area contributed by atoms with Gasteiger partial charge in [-0.2, -0.15) is 0 Å². The Morgan fingerprint density at radius 1 is 0.920 bits per heavy atom. The Morgan fingerprint density at radius 2 is 1.58 bits per heavy atom. The molecule has 5 saturated carbocycles. The van der Waals surface area contributed by atoms with Crippen LogP contribution < -0.4 is 0 Å². The fourth-order valence-electron chi connectivity index (χ4n) is 13.9. The van der Waals surface area contributed by atoms with E-state index < -0.39 is 66.1 Å². The Balaban J connectivity index is 1.15. The minimum absolute atomic E-state index is 0.0140. The fourth-order valence-corrected chi connectivity index (χ4v) is 13.9. The number of carbonyl (C=O) groups is 2. The van der Waals surface area contributed by atoms with Crippen molar-refractivity contribution in [2.24, 2.45) is 50.7 Å². The molecule has 2 saturated heterocycles. The lowest BCUT2D eigenvalue weighted by Gasteiger charge is -2.63. The van der Waals surface area contributed by atoms with E-state index in [4.69, 9.17) is 23.7 Å². The number of fused-ring (bicyclic) bond motifs is 4. The zero-order valence-electron chi connectivity index (χ0n) is 31.1. The zero-order valence-corrected chi connectivity index (χ0v) is 31.1. The second-order valence-electron chi connectivity index (χ2n) is 18.6. The van der Waals surface area contributed by atoms with Crippen molar-refractivity contribution in [1.82, 2.24) is 0 Å². The van der Waals surface area contributed by atoms with Crippen LogP contribution in [-0.4, -0.2) is 93.8 Å². The highest BCUT2D eigenvalue weighted by atomic mass is 16.7. The van der Waals surface area contributed by atoms with Gasteiger partial charge in [0.1, 0.15) is 30.5 Å². The van der Waals surface area contributed by atoms with Crippen LogP contribution in [0.15, 0.2) is 12.2 Å². The number of rotatable bonds is 6. The van der Waals surface area contributed by atoms with Crippen LogP contribution >= 0.6 is 0 Å². The number of ether oxygens (including phenoxy) is 5. The average molecular weight is 705 g/mol. The lowest BCUT2D eigenvalue weighted by atomic mass is 9.41. The summed E-state index contributed by atoms with van der Waals surface area (Å²) in [6, 6.07) is 0. The molecule has 2 heterocycles. The molecule has 2 aliphatic heterocycles. The summed E-state index contributed by atoms with van der Waals surface area (Å²) in [6.45, 7) is 19.5. The van der Waals surface area contributed by atoms with Crippen molar-refractivity contribution in [2.45, 2.75) is 162 Å². The highest BCUT2D eigenvalue weighted by Crippen LogP contribution is 2.89. The first-order valence-corrected chi connectivity index (χ1v) is 18.9. The second kappa shape index (κ2) is 11.7. The SMILES string of the molecule is C=C(C)[C@@H](OC(C)=O)[C@H]1C[C@@H](C)[C@H]2[C@@](O)(O1)[C@H](O)[C@@]1(C)C3CCC4C(C)(C)[C@@H](O[C@@H]5OC[C@H](O)[C@H](O)[C@H]5OC(C)=O)CC[C@@]45C[C@@]35CC[C@]21C. The van der Waals surface area contributed by atoms with Gasteiger partial charge < -0.3 is 44.1 Å². The van der Waals surface area contributed by atoms with Crippen molar-refractivity contribution in [3.05, 3.63) is 12.2 Å². The van der Waals surface area contributed by atoms with Gasteiger partial charge in [0.05, 0.1) is 12.7 Å². The number of hydrogen-bond acceptors (Lipinski definition) is 11. The molecule has 0 aromatic heterocycles. The Kier molecular flexibility index (Phi) is 8.60. The molecule has 11 heteroatoms.